The molecule has 0 atom stereocenters. The van der Waals surface area contributed by atoms with Crippen molar-refractivity contribution in [2.45, 2.75) is 53.5 Å². The zero-order chi connectivity index (χ0) is 13.1. The molecule has 0 bridgehead atoms. The first-order valence-electron chi connectivity index (χ1n) is 6.18. The van der Waals surface area contributed by atoms with Crippen molar-refractivity contribution in [1.29, 1.82) is 5.41 Å². The second-order valence-corrected chi connectivity index (χ2v) is 5.40. The van der Waals surface area contributed by atoms with Crippen molar-refractivity contribution < 1.29 is 0 Å². The third-order valence-corrected chi connectivity index (χ3v) is 3.25. The zero-order valence-corrected chi connectivity index (χ0v) is 11.4. The second-order valence-electron chi connectivity index (χ2n) is 5.40. The highest BCUT2D eigenvalue weighted by Crippen LogP contribution is 2.22. The van der Waals surface area contributed by atoms with Gasteiger partial charge in [0.15, 0.2) is 0 Å². The molecule has 1 aromatic heterocycles. The predicted molar refractivity (Wildman–Crippen MR) is 71.2 cm³/mol. The molecule has 0 saturated heterocycles. The van der Waals surface area contributed by atoms with E-state index in [1.807, 2.05) is 20.8 Å². The summed E-state index contributed by atoms with van der Waals surface area (Å²) in [5.41, 5.74) is 7.68. The van der Waals surface area contributed by atoms with E-state index in [1.165, 1.54) is 5.69 Å². The largest absolute Gasteiger partial charge is 0.387 e. The fourth-order valence-corrected chi connectivity index (χ4v) is 1.86. The van der Waals surface area contributed by atoms with E-state index in [9.17, 15) is 0 Å². The average Bonchev–Trinajstić information content (AvgIpc) is 2.52. The van der Waals surface area contributed by atoms with Crippen LogP contribution in [0.3, 0.4) is 0 Å². The molecule has 0 unspecified atom stereocenters. The monoisotopic (exact) mass is 236 g/mol. The molecule has 1 rings (SSSR count). The number of aryl methyl sites for hydroxylation is 3. The van der Waals surface area contributed by atoms with E-state index in [-0.39, 0.29) is 11.3 Å². The van der Waals surface area contributed by atoms with Crippen molar-refractivity contribution in [3.8, 4) is 0 Å². The van der Waals surface area contributed by atoms with E-state index < -0.39 is 0 Å². The van der Waals surface area contributed by atoms with Gasteiger partial charge in [-0.1, -0.05) is 20.3 Å². The molecule has 0 aliphatic heterocycles. The lowest BCUT2D eigenvalue weighted by atomic mass is 9.86. The van der Waals surface area contributed by atoms with E-state index in [4.69, 9.17) is 11.1 Å². The number of hydrogen-bond acceptors (Lipinski definition) is 2. The summed E-state index contributed by atoms with van der Waals surface area (Å²) < 4.78 is 2.05. The first kappa shape index (κ1) is 13.7. The molecule has 17 heavy (non-hydrogen) atoms. The van der Waals surface area contributed by atoms with Crippen molar-refractivity contribution in [3.05, 3.63) is 17.5 Å². The van der Waals surface area contributed by atoms with Crippen molar-refractivity contribution in [1.82, 2.24) is 9.78 Å². The van der Waals surface area contributed by atoms with Crippen LogP contribution >= 0.6 is 0 Å². The molecule has 1 heterocycles. The molecule has 0 aliphatic carbocycles. The van der Waals surface area contributed by atoms with Crippen molar-refractivity contribution in [3.63, 3.8) is 0 Å². The number of rotatable bonds is 6. The van der Waals surface area contributed by atoms with E-state index in [2.05, 4.69) is 22.8 Å². The zero-order valence-electron chi connectivity index (χ0n) is 11.4. The van der Waals surface area contributed by atoms with Gasteiger partial charge >= 0.3 is 0 Å². The van der Waals surface area contributed by atoms with Crippen molar-refractivity contribution in [2.75, 3.05) is 0 Å². The number of unbranched alkanes of at least 4 members (excludes halogenated alkanes) is 1. The smallest absolute Gasteiger partial charge is 0.0963 e. The van der Waals surface area contributed by atoms with Gasteiger partial charge in [0.25, 0.3) is 0 Å². The SMILES string of the molecule is Cc1cc(C)n(CCCCC(C)(C)C(=N)N)n1. The molecule has 4 nitrogen and oxygen atoms in total. The normalized spacial score (nSPS) is 11.8. The molecule has 0 aliphatic rings. The molecule has 0 radical (unpaired) electrons. The van der Waals surface area contributed by atoms with Crippen LogP contribution in [0, 0.1) is 24.7 Å². The Kier molecular flexibility index (Phi) is 4.32. The van der Waals surface area contributed by atoms with Crippen LogP contribution in [0.15, 0.2) is 6.07 Å². The minimum atomic E-state index is -0.172. The topological polar surface area (TPSA) is 67.7 Å². The molecule has 96 valence electrons. The lowest BCUT2D eigenvalue weighted by Gasteiger charge is -2.22. The van der Waals surface area contributed by atoms with Crippen LogP contribution in [0.4, 0.5) is 0 Å². The van der Waals surface area contributed by atoms with Crippen LogP contribution in [0.25, 0.3) is 0 Å². The minimum Gasteiger partial charge on any atom is -0.387 e. The standard InChI is InChI=1S/C13H24N4/c1-10-9-11(2)17(16-10)8-6-5-7-13(3,4)12(14)15/h9H,5-8H2,1-4H3,(H3,14,15). The Morgan fingerprint density at radius 3 is 2.53 bits per heavy atom. The molecule has 4 heteroatoms. The number of aromatic nitrogens is 2. The van der Waals surface area contributed by atoms with Gasteiger partial charge in [-0.05, 0) is 32.8 Å². The van der Waals surface area contributed by atoms with Gasteiger partial charge < -0.3 is 5.73 Å². The van der Waals surface area contributed by atoms with Crippen LogP contribution in [0.2, 0.25) is 0 Å². The van der Waals surface area contributed by atoms with Crippen LogP contribution in [-0.2, 0) is 6.54 Å². The number of nitrogens with two attached hydrogens (primary N) is 1. The summed E-state index contributed by atoms with van der Waals surface area (Å²) in [6.45, 7) is 9.10. The summed E-state index contributed by atoms with van der Waals surface area (Å²) in [5, 5.41) is 11.9. The van der Waals surface area contributed by atoms with Gasteiger partial charge in [0.2, 0.25) is 0 Å². The van der Waals surface area contributed by atoms with Crippen molar-refractivity contribution >= 4 is 5.84 Å². The van der Waals surface area contributed by atoms with Crippen LogP contribution in [0.1, 0.15) is 44.5 Å². The molecule has 3 N–H and O–H groups in total. The second kappa shape index (κ2) is 5.34. The molecule has 0 aromatic carbocycles. The summed E-state index contributed by atoms with van der Waals surface area (Å²) in [6, 6.07) is 2.10. The first-order chi connectivity index (χ1) is 7.83. The highest BCUT2D eigenvalue weighted by atomic mass is 15.3. The van der Waals surface area contributed by atoms with Gasteiger partial charge in [-0.25, -0.2) is 0 Å². The fraction of sp³-hybridized carbons (Fsp3) is 0.692. The van der Waals surface area contributed by atoms with E-state index in [0.717, 1.165) is 31.5 Å². The Morgan fingerprint density at radius 2 is 2.06 bits per heavy atom. The average molecular weight is 236 g/mol. The molecule has 0 spiro atoms. The Morgan fingerprint density at radius 1 is 1.41 bits per heavy atom. The summed E-state index contributed by atoms with van der Waals surface area (Å²) in [4.78, 5) is 0. The van der Waals surface area contributed by atoms with Gasteiger partial charge in [0.05, 0.1) is 11.5 Å². The van der Waals surface area contributed by atoms with Crippen molar-refractivity contribution in [2.24, 2.45) is 11.1 Å². The van der Waals surface area contributed by atoms with Gasteiger partial charge in [-0.15, -0.1) is 0 Å². The molecular formula is C13H24N4. The highest BCUT2D eigenvalue weighted by molar-refractivity contribution is 5.82. The Bertz CT molecular complexity index is 390. The lowest BCUT2D eigenvalue weighted by molar-refractivity contribution is 0.422. The van der Waals surface area contributed by atoms with Gasteiger partial charge in [-0.3, -0.25) is 10.1 Å². The Hall–Kier alpha value is -1.32. The van der Waals surface area contributed by atoms with E-state index in [0.29, 0.717) is 0 Å². The summed E-state index contributed by atoms with van der Waals surface area (Å²) in [7, 11) is 0. The predicted octanol–water partition coefficient (Wildman–Crippen LogP) is 2.63. The lowest BCUT2D eigenvalue weighted by Crippen LogP contribution is -2.30. The molecule has 0 fully saturated rings. The maximum atomic E-state index is 7.49. The third-order valence-electron chi connectivity index (χ3n) is 3.25. The number of nitrogens with one attached hydrogen (secondary N) is 1. The third kappa shape index (κ3) is 3.88. The van der Waals surface area contributed by atoms with Gasteiger partial charge in [0, 0.05) is 17.7 Å². The van der Waals surface area contributed by atoms with Crippen LogP contribution in [-0.4, -0.2) is 15.6 Å². The Balaban J connectivity index is 2.34. The molecular weight excluding hydrogens is 212 g/mol. The number of nitrogens with zero attached hydrogens (tertiary/aromatic N) is 2. The van der Waals surface area contributed by atoms with Crippen LogP contribution < -0.4 is 5.73 Å². The first-order valence-corrected chi connectivity index (χ1v) is 6.18. The maximum absolute atomic E-state index is 7.49. The summed E-state index contributed by atoms with van der Waals surface area (Å²) in [5.74, 6) is 0.281. The Labute approximate surface area is 104 Å². The van der Waals surface area contributed by atoms with E-state index in [1.54, 1.807) is 0 Å². The summed E-state index contributed by atoms with van der Waals surface area (Å²) >= 11 is 0. The van der Waals surface area contributed by atoms with Crippen LogP contribution in [0.5, 0.6) is 0 Å². The molecule has 0 amide bonds. The fourth-order valence-electron chi connectivity index (χ4n) is 1.86. The quantitative estimate of drug-likeness (QED) is 0.453. The number of amidine groups is 1. The van der Waals surface area contributed by atoms with Gasteiger partial charge in [0.1, 0.15) is 0 Å². The summed E-state index contributed by atoms with van der Waals surface area (Å²) in [6.07, 6.45) is 3.12. The van der Waals surface area contributed by atoms with Gasteiger partial charge in [-0.2, -0.15) is 5.10 Å². The highest BCUT2D eigenvalue weighted by Gasteiger charge is 2.20. The number of hydrogen-bond donors (Lipinski definition) is 2. The minimum absolute atomic E-state index is 0.172. The molecule has 1 aromatic rings. The molecule has 0 saturated carbocycles. The maximum Gasteiger partial charge on any atom is 0.0963 e. The van der Waals surface area contributed by atoms with E-state index >= 15 is 0 Å².